The van der Waals surface area contributed by atoms with E-state index < -0.39 is 9.84 Å². The van der Waals surface area contributed by atoms with Gasteiger partial charge >= 0.3 is 0 Å². The number of carbonyl (C=O) groups excluding carboxylic acids is 1. The van der Waals surface area contributed by atoms with E-state index in [-0.39, 0.29) is 40.0 Å². The zero-order chi connectivity index (χ0) is 17.7. The number of sulfone groups is 1. The molecule has 5 nitrogen and oxygen atoms in total. The van der Waals surface area contributed by atoms with Gasteiger partial charge in [-0.15, -0.1) is 0 Å². The van der Waals surface area contributed by atoms with Crippen molar-refractivity contribution in [2.24, 2.45) is 11.8 Å². The normalized spacial score (nSPS) is 21.0. The lowest BCUT2D eigenvalue weighted by Crippen LogP contribution is -2.39. The van der Waals surface area contributed by atoms with Gasteiger partial charge in [0.1, 0.15) is 6.54 Å². The molecule has 0 spiro atoms. The largest absolute Gasteiger partial charge is 0.343 e. The van der Waals surface area contributed by atoms with Crippen LogP contribution < -0.4 is 5.32 Å². The van der Waals surface area contributed by atoms with Crippen molar-refractivity contribution in [1.29, 1.82) is 5.26 Å². The van der Waals surface area contributed by atoms with E-state index in [0.717, 1.165) is 12.8 Å². The third-order valence-corrected chi connectivity index (χ3v) is 6.85. The molecule has 0 radical (unpaired) electrons. The first kappa shape index (κ1) is 19.0. The van der Waals surface area contributed by atoms with Crippen LogP contribution in [0.5, 0.6) is 0 Å². The molecule has 1 fully saturated rings. The Kier molecular flexibility index (Phi) is 6.50. The molecule has 0 aliphatic heterocycles. The highest BCUT2D eigenvalue weighted by Crippen LogP contribution is 2.33. The number of nitrogens with zero attached hydrogens (tertiary/aromatic N) is 1. The van der Waals surface area contributed by atoms with Crippen molar-refractivity contribution < 1.29 is 13.2 Å². The average Bonchev–Trinajstić information content (AvgIpc) is 2.55. The Hall–Kier alpha value is -1.29. The summed E-state index contributed by atoms with van der Waals surface area (Å²) in [6.07, 6.45) is 3.08. The van der Waals surface area contributed by atoms with Crippen molar-refractivity contribution in [2.75, 3.05) is 12.3 Å². The van der Waals surface area contributed by atoms with Crippen LogP contribution in [0.3, 0.4) is 0 Å². The van der Waals surface area contributed by atoms with Gasteiger partial charge in [0.2, 0.25) is 5.91 Å². The molecule has 0 saturated heterocycles. The second-order valence-corrected chi connectivity index (χ2v) is 8.73. The van der Waals surface area contributed by atoms with Gasteiger partial charge in [0.25, 0.3) is 0 Å². The highest BCUT2D eigenvalue weighted by atomic mass is 35.5. The van der Waals surface area contributed by atoms with Crippen LogP contribution in [0.25, 0.3) is 0 Å². The lowest BCUT2D eigenvalue weighted by Gasteiger charge is -2.30. The Morgan fingerprint density at radius 2 is 1.96 bits per heavy atom. The Bertz CT molecular complexity index is 759. The van der Waals surface area contributed by atoms with Crippen molar-refractivity contribution >= 4 is 38.9 Å². The maximum absolute atomic E-state index is 12.7. The molecule has 1 amide bonds. The summed E-state index contributed by atoms with van der Waals surface area (Å²) in [6, 6.07) is 6.08. The minimum absolute atomic E-state index is 0.0679. The minimum Gasteiger partial charge on any atom is -0.343 e. The van der Waals surface area contributed by atoms with Gasteiger partial charge in [0, 0.05) is 5.92 Å². The Morgan fingerprint density at radius 1 is 1.25 bits per heavy atom. The lowest BCUT2D eigenvalue weighted by molar-refractivity contribution is -0.127. The van der Waals surface area contributed by atoms with Crippen molar-refractivity contribution in [2.45, 2.75) is 30.6 Å². The van der Waals surface area contributed by atoms with E-state index in [4.69, 9.17) is 28.5 Å². The Labute approximate surface area is 151 Å². The van der Waals surface area contributed by atoms with Crippen LogP contribution in [0.4, 0.5) is 0 Å². The zero-order valence-electron chi connectivity index (χ0n) is 13.0. The molecule has 1 N–H and O–H groups in total. The number of amides is 1. The standard InChI is InChI=1S/C16H18Cl2N2O3S/c17-14-6-5-12(9-15(14)18)24(22,23)10-11-3-1-2-4-13(11)16(21)20-8-7-19/h5-6,9,11,13H,1-4,8,10H2,(H,20,21). The molecule has 2 unspecified atom stereocenters. The van der Waals surface area contributed by atoms with Gasteiger partial charge in [-0.3, -0.25) is 4.79 Å². The topological polar surface area (TPSA) is 87.0 Å². The third kappa shape index (κ3) is 4.62. The van der Waals surface area contributed by atoms with E-state index in [1.54, 1.807) is 0 Å². The number of nitriles is 1. The molecule has 2 atom stereocenters. The first-order valence-corrected chi connectivity index (χ1v) is 10.1. The van der Waals surface area contributed by atoms with Crippen LogP contribution in [0.2, 0.25) is 10.0 Å². The van der Waals surface area contributed by atoms with E-state index in [2.05, 4.69) is 5.32 Å². The molecular formula is C16H18Cl2N2O3S. The van der Waals surface area contributed by atoms with Gasteiger partial charge in [-0.2, -0.15) is 5.26 Å². The van der Waals surface area contributed by atoms with Gasteiger partial charge in [0.15, 0.2) is 9.84 Å². The second kappa shape index (κ2) is 8.19. The van der Waals surface area contributed by atoms with Crippen LogP contribution in [-0.2, 0) is 14.6 Å². The summed E-state index contributed by atoms with van der Waals surface area (Å²) in [6.45, 7) is -0.0679. The van der Waals surface area contributed by atoms with Gasteiger partial charge in [0.05, 0.1) is 26.8 Å². The molecule has 1 aromatic rings. The summed E-state index contributed by atoms with van der Waals surface area (Å²) in [7, 11) is -3.57. The fourth-order valence-corrected chi connectivity index (χ4v) is 5.15. The number of carbonyl (C=O) groups is 1. The molecule has 0 heterocycles. The fourth-order valence-electron chi connectivity index (χ4n) is 3.06. The first-order valence-electron chi connectivity index (χ1n) is 7.67. The van der Waals surface area contributed by atoms with Crippen molar-refractivity contribution in [3.63, 3.8) is 0 Å². The van der Waals surface area contributed by atoms with Crippen LogP contribution >= 0.6 is 23.2 Å². The molecule has 0 bridgehead atoms. The number of benzene rings is 1. The summed E-state index contributed by atoms with van der Waals surface area (Å²) >= 11 is 11.7. The zero-order valence-corrected chi connectivity index (χ0v) is 15.3. The number of rotatable bonds is 5. The molecule has 1 saturated carbocycles. The van der Waals surface area contributed by atoms with Crippen molar-refractivity contribution in [1.82, 2.24) is 5.32 Å². The number of hydrogen-bond acceptors (Lipinski definition) is 4. The molecule has 130 valence electrons. The van der Waals surface area contributed by atoms with E-state index >= 15 is 0 Å². The molecule has 1 aromatic carbocycles. The minimum atomic E-state index is -3.57. The first-order chi connectivity index (χ1) is 11.3. The predicted octanol–water partition coefficient (Wildman–Crippen LogP) is 3.21. The molecule has 0 aromatic heterocycles. The smallest absolute Gasteiger partial charge is 0.224 e. The number of nitrogens with one attached hydrogen (secondary N) is 1. The summed E-state index contributed by atoms with van der Waals surface area (Å²) < 4.78 is 25.3. The average molecular weight is 389 g/mol. The molecule has 8 heteroatoms. The highest BCUT2D eigenvalue weighted by molar-refractivity contribution is 7.91. The van der Waals surface area contributed by atoms with Gasteiger partial charge < -0.3 is 5.32 Å². The van der Waals surface area contributed by atoms with Gasteiger partial charge in [-0.25, -0.2) is 8.42 Å². The van der Waals surface area contributed by atoms with Crippen molar-refractivity contribution in [3.05, 3.63) is 28.2 Å². The summed E-state index contributed by atoms with van der Waals surface area (Å²) in [5, 5.41) is 11.6. The third-order valence-electron chi connectivity index (χ3n) is 4.27. The molecule has 2 rings (SSSR count). The second-order valence-electron chi connectivity index (χ2n) is 5.88. The Balaban J connectivity index is 2.17. The summed E-state index contributed by atoms with van der Waals surface area (Å²) in [5.41, 5.74) is 0. The monoisotopic (exact) mass is 388 g/mol. The van der Waals surface area contributed by atoms with Crippen molar-refractivity contribution in [3.8, 4) is 6.07 Å². The maximum Gasteiger partial charge on any atom is 0.224 e. The SMILES string of the molecule is N#CCNC(=O)C1CCCCC1CS(=O)(=O)c1ccc(Cl)c(Cl)c1. The van der Waals surface area contributed by atoms with Gasteiger partial charge in [-0.05, 0) is 37.0 Å². The van der Waals surface area contributed by atoms with E-state index in [1.807, 2.05) is 6.07 Å². The molecule has 1 aliphatic rings. The van der Waals surface area contributed by atoms with E-state index in [9.17, 15) is 13.2 Å². The predicted molar refractivity (Wildman–Crippen MR) is 92.6 cm³/mol. The summed E-state index contributed by atoms with van der Waals surface area (Å²) in [4.78, 5) is 12.3. The quantitative estimate of drug-likeness (QED) is 0.784. The molecule has 24 heavy (non-hydrogen) atoms. The lowest BCUT2D eigenvalue weighted by atomic mass is 9.80. The highest BCUT2D eigenvalue weighted by Gasteiger charge is 2.34. The molecule has 1 aliphatic carbocycles. The van der Waals surface area contributed by atoms with Crippen LogP contribution in [-0.4, -0.2) is 26.6 Å². The fraction of sp³-hybridized carbons (Fsp3) is 0.500. The maximum atomic E-state index is 12.7. The number of halogens is 2. The number of hydrogen-bond donors (Lipinski definition) is 1. The van der Waals surface area contributed by atoms with E-state index in [1.165, 1.54) is 18.2 Å². The van der Waals surface area contributed by atoms with Gasteiger partial charge in [-0.1, -0.05) is 36.0 Å². The molecular weight excluding hydrogens is 371 g/mol. The van der Waals surface area contributed by atoms with Crippen LogP contribution in [0.1, 0.15) is 25.7 Å². The Morgan fingerprint density at radius 3 is 2.62 bits per heavy atom. The van der Waals surface area contributed by atoms with E-state index in [0.29, 0.717) is 17.9 Å². The van der Waals surface area contributed by atoms with Crippen LogP contribution in [0.15, 0.2) is 23.1 Å². The summed E-state index contributed by atoms with van der Waals surface area (Å²) in [5.74, 6) is -1.01. The van der Waals surface area contributed by atoms with Crippen LogP contribution in [0, 0.1) is 23.2 Å².